The molecule has 4 aliphatic heterocycles. The molecule has 0 aromatic carbocycles. The third kappa shape index (κ3) is 11.0. The van der Waals surface area contributed by atoms with Crippen LogP contribution in [0.4, 0.5) is 0 Å². The lowest BCUT2D eigenvalue weighted by molar-refractivity contribution is -0.198. The van der Waals surface area contributed by atoms with E-state index in [1.54, 1.807) is 0 Å². The molecule has 284 valence electrons. The SMILES string of the molecule is O=C(CCN1C(=O)C=CC1=O)NCCC(CCNC(=O)CCN1C(=O)C=CC1=O)(CCC(=O)ON1C(=O)CCC1=O)CCC(=O)ON1C(=O)CCC1=O. The summed E-state index contributed by atoms with van der Waals surface area (Å²) < 4.78 is 0. The topological polar surface area (TPSA) is 260 Å². The molecule has 0 atom stereocenters. The first-order valence-corrected chi connectivity index (χ1v) is 16.9. The second-order valence-electron chi connectivity index (χ2n) is 12.6. The van der Waals surface area contributed by atoms with Crippen LogP contribution in [0, 0.1) is 5.41 Å². The Morgan fingerprint density at radius 1 is 0.509 bits per heavy atom. The Morgan fingerprint density at radius 3 is 1.15 bits per heavy atom. The minimum atomic E-state index is -1.09. The molecule has 0 bridgehead atoms. The van der Waals surface area contributed by atoms with Crippen molar-refractivity contribution in [3.63, 3.8) is 0 Å². The van der Waals surface area contributed by atoms with Crippen molar-refractivity contribution in [2.45, 2.75) is 77.0 Å². The van der Waals surface area contributed by atoms with Crippen LogP contribution in [-0.4, -0.2) is 117 Å². The summed E-state index contributed by atoms with van der Waals surface area (Å²) in [6, 6.07) is 0. The van der Waals surface area contributed by atoms with Crippen molar-refractivity contribution in [2.75, 3.05) is 26.2 Å². The van der Waals surface area contributed by atoms with Crippen LogP contribution >= 0.6 is 0 Å². The number of amides is 10. The first-order valence-electron chi connectivity index (χ1n) is 16.9. The quantitative estimate of drug-likeness (QED) is 0.133. The van der Waals surface area contributed by atoms with E-state index in [0.29, 0.717) is 10.1 Å². The number of nitrogens with one attached hydrogen (secondary N) is 2. The highest BCUT2D eigenvalue weighted by molar-refractivity contribution is 6.13. The average molecular weight is 743 g/mol. The van der Waals surface area contributed by atoms with Crippen LogP contribution in [-0.2, 0) is 67.2 Å². The van der Waals surface area contributed by atoms with E-state index in [-0.39, 0.29) is 90.4 Å². The number of carbonyl (C=O) groups is 12. The molecular formula is C33H38N6O14. The predicted molar refractivity (Wildman–Crippen MR) is 171 cm³/mol. The first kappa shape index (κ1) is 39.7. The van der Waals surface area contributed by atoms with E-state index >= 15 is 0 Å². The van der Waals surface area contributed by atoms with Crippen molar-refractivity contribution in [1.82, 2.24) is 30.6 Å². The predicted octanol–water partition coefficient (Wildman–Crippen LogP) is -1.61. The number of hydrogen-bond donors (Lipinski definition) is 2. The summed E-state index contributed by atoms with van der Waals surface area (Å²) in [5.41, 5.74) is -1.09. The van der Waals surface area contributed by atoms with Gasteiger partial charge in [-0.25, -0.2) is 9.59 Å². The van der Waals surface area contributed by atoms with Crippen LogP contribution in [0.3, 0.4) is 0 Å². The Balaban J connectivity index is 1.44. The first-order chi connectivity index (χ1) is 25.2. The van der Waals surface area contributed by atoms with E-state index in [0.717, 1.165) is 34.1 Å². The summed E-state index contributed by atoms with van der Waals surface area (Å²) in [5.74, 6) is -8.02. The zero-order valence-corrected chi connectivity index (χ0v) is 28.6. The molecule has 2 N–H and O–H groups in total. The Labute approximate surface area is 301 Å². The van der Waals surface area contributed by atoms with Crippen LogP contribution in [0.2, 0.25) is 0 Å². The van der Waals surface area contributed by atoms with Gasteiger partial charge in [0, 0.05) is 102 Å². The third-order valence-corrected chi connectivity index (χ3v) is 9.00. The Kier molecular flexibility index (Phi) is 13.4. The van der Waals surface area contributed by atoms with Gasteiger partial charge in [0.05, 0.1) is 0 Å². The van der Waals surface area contributed by atoms with Gasteiger partial charge in [0.2, 0.25) is 11.8 Å². The zero-order chi connectivity index (χ0) is 38.7. The molecule has 0 unspecified atom stereocenters. The molecule has 10 amide bonds. The van der Waals surface area contributed by atoms with Gasteiger partial charge in [-0.1, -0.05) is 0 Å². The second kappa shape index (κ2) is 17.9. The van der Waals surface area contributed by atoms with Crippen molar-refractivity contribution in [2.24, 2.45) is 5.41 Å². The minimum absolute atomic E-state index is 0.0594. The maximum absolute atomic E-state index is 12.9. The minimum Gasteiger partial charge on any atom is -0.356 e. The summed E-state index contributed by atoms with van der Waals surface area (Å²) in [6.45, 7) is -0.485. The number of hydroxylamine groups is 4. The summed E-state index contributed by atoms with van der Waals surface area (Å²) in [7, 11) is 0. The largest absolute Gasteiger partial charge is 0.356 e. The lowest BCUT2D eigenvalue weighted by atomic mass is 9.73. The Hall–Kier alpha value is -6.08. The fraction of sp³-hybridized carbons (Fsp3) is 0.515. The zero-order valence-electron chi connectivity index (χ0n) is 28.6. The standard InChI is InChI=1S/C33H38N6O14/c40-21(11-19-36-23(42)1-2-24(36)43)34-17-15-33(13-9-31(50)52-38-27(46)5-6-28(38)47,14-10-32(51)53-39-29(48)7-8-30(39)49)16-18-35-22(41)12-20-37-25(44)3-4-26(37)45/h1-4H,5-20H2,(H,34,40)(H,35,41). The van der Waals surface area contributed by atoms with Crippen LogP contribution in [0.15, 0.2) is 24.3 Å². The monoisotopic (exact) mass is 742 g/mol. The highest BCUT2D eigenvalue weighted by Crippen LogP contribution is 2.38. The number of hydrogen-bond acceptors (Lipinski definition) is 14. The van der Waals surface area contributed by atoms with Crippen LogP contribution < -0.4 is 10.6 Å². The van der Waals surface area contributed by atoms with Crippen LogP contribution in [0.1, 0.15) is 77.0 Å². The van der Waals surface area contributed by atoms with Gasteiger partial charge in [0.15, 0.2) is 0 Å². The Morgan fingerprint density at radius 2 is 0.830 bits per heavy atom. The fourth-order valence-electron chi connectivity index (χ4n) is 5.94. The van der Waals surface area contributed by atoms with Gasteiger partial charge in [0.1, 0.15) is 0 Å². The van der Waals surface area contributed by atoms with E-state index in [4.69, 9.17) is 9.68 Å². The number of carbonyl (C=O) groups excluding carboxylic acids is 12. The maximum Gasteiger partial charge on any atom is 0.333 e. The number of rotatable bonds is 20. The summed E-state index contributed by atoms with van der Waals surface area (Å²) in [6.07, 6.45) is 2.52. The molecule has 2 fully saturated rings. The van der Waals surface area contributed by atoms with Gasteiger partial charge in [0.25, 0.3) is 47.3 Å². The highest BCUT2D eigenvalue weighted by atomic mass is 16.7. The van der Waals surface area contributed by atoms with Crippen molar-refractivity contribution < 1.29 is 67.2 Å². The van der Waals surface area contributed by atoms with Gasteiger partial charge < -0.3 is 20.3 Å². The Bertz CT molecular complexity index is 1480. The van der Waals surface area contributed by atoms with Crippen molar-refractivity contribution in [1.29, 1.82) is 0 Å². The molecule has 4 heterocycles. The van der Waals surface area contributed by atoms with E-state index < -0.39 is 89.3 Å². The van der Waals surface area contributed by atoms with Crippen molar-refractivity contribution >= 4 is 71.0 Å². The molecular weight excluding hydrogens is 704 g/mol. The third-order valence-electron chi connectivity index (χ3n) is 9.00. The summed E-state index contributed by atoms with van der Waals surface area (Å²) in [4.78, 5) is 158. The summed E-state index contributed by atoms with van der Waals surface area (Å²) in [5, 5.41) is 6.09. The van der Waals surface area contributed by atoms with E-state index in [1.807, 2.05) is 0 Å². The maximum atomic E-state index is 12.9. The van der Waals surface area contributed by atoms with E-state index in [1.165, 1.54) is 0 Å². The molecule has 20 heteroatoms. The summed E-state index contributed by atoms with van der Waals surface area (Å²) >= 11 is 0. The van der Waals surface area contributed by atoms with E-state index in [9.17, 15) is 57.5 Å². The number of imide groups is 4. The smallest absolute Gasteiger partial charge is 0.333 e. The molecule has 20 nitrogen and oxygen atoms in total. The second-order valence-corrected chi connectivity index (χ2v) is 12.6. The molecule has 4 rings (SSSR count). The molecule has 0 radical (unpaired) electrons. The molecule has 53 heavy (non-hydrogen) atoms. The molecule has 2 saturated heterocycles. The molecule has 0 aliphatic carbocycles. The van der Waals surface area contributed by atoms with Crippen molar-refractivity contribution in [3.8, 4) is 0 Å². The van der Waals surface area contributed by atoms with Gasteiger partial charge in [-0.2, -0.15) is 0 Å². The molecule has 0 saturated carbocycles. The molecule has 4 aliphatic rings. The normalized spacial score (nSPS) is 17.2. The lowest BCUT2D eigenvalue weighted by Gasteiger charge is -2.34. The fourth-order valence-corrected chi connectivity index (χ4v) is 5.94. The van der Waals surface area contributed by atoms with E-state index in [2.05, 4.69) is 10.6 Å². The van der Waals surface area contributed by atoms with Gasteiger partial charge in [-0.15, -0.1) is 10.1 Å². The van der Waals surface area contributed by atoms with Gasteiger partial charge in [-0.3, -0.25) is 57.7 Å². The number of nitrogens with zero attached hydrogens (tertiary/aromatic N) is 4. The highest BCUT2D eigenvalue weighted by Gasteiger charge is 2.37. The molecule has 0 aromatic rings. The molecule has 0 spiro atoms. The van der Waals surface area contributed by atoms with Crippen molar-refractivity contribution in [3.05, 3.63) is 24.3 Å². The van der Waals surface area contributed by atoms with Gasteiger partial charge in [-0.05, 0) is 31.1 Å². The average Bonchev–Trinajstić information content (AvgIpc) is 3.83. The van der Waals surface area contributed by atoms with Gasteiger partial charge >= 0.3 is 11.9 Å². The van der Waals surface area contributed by atoms with Crippen LogP contribution in [0.25, 0.3) is 0 Å². The van der Waals surface area contributed by atoms with Crippen LogP contribution in [0.5, 0.6) is 0 Å². The molecule has 0 aromatic heterocycles. The lowest BCUT2D eigenvalue weighted by Crippen LogP contribution is -2.38.